The molecule has 7 heteroatoms. The first-order valence-electron chi connectivity index (χ1n) is 9.97. The van der Waals surface area contributed by atoms with E-state index in [1.807, 2.05) is 30.3 Å². The summed E-state index contributed by atoms with van der Waals surface area (Å²) in [6.45, 7) is 4.29. The third-order valence-electron chi connectivity index (χ3n) is 5.11. The molecule has 1 N–H and O–H groups in total. The molecule has 1 atom stereocenters. The van der Waals surface area contributed by atoms with Crippen LogP contribution >= 0.6 is 15.9 Å². The Morgan fingerprint density at radius 2 is 2.03 bits per heavy atom. The monoisotopic (exact) mass is 460 g/mol. The molecule has 2 aromatic rings. The zero-order valence-corrected chi connectivity index (χ0v) is 17.8. The highest BCUT2D eigenvalue weighted by Gasteiger charge is 2.18. The van der Waals surface area contributed by atoms with Gasteiger partial charge in [-0.15, -0.1) is 0 Å². The van der Waals surface area contributed by atoms with Crippen molar-refractivity contribution in [1.82, 2.24) is 0 Å². The minimum absolute atomic E-state index is 0.144. The largest absolute Gasteiger partial charge is 0.491 e. The molecule has 154 valence electrons. The molecule has 2 fully saturated rings. The predicted molar refractivity (Wildman–Crippen MR) is 116 cm³/mol. The van der Waals surface area contributed by atoms with Gasteiger partial charge in [-0.25, -0.2) is 0 Å². The molecule has 0 aliphatic carbocycles. The van der Waals surface area contributed by atoms with Gasteiger partial charge >= 0.3 is 0 Å². The Morgan fingerprint density at radius 3 is 2.83 bits per heavy atom. The lowest BCUT2D eigenvalue weighted by Gasteiger charge is -2.30. The summed E-state index contributed by atoms with van der Waals surface area (Å²) in [6.07, 6.45) is 2.24. The molecule has 2 heterocycles. The number of carbonyl (C=O) groups excluding carboxylic acids is 1. The summed E-state index contributed by atoms with van der Waals surface area (Å²) in [5.74, 6) is 0.510. The Morgan fingerprint density at radius 1 is 1.17 bits per heavy atom. The molecule has 1 amide bonds. The summed E-state index contributed by atoms with van der Waals surface area (Å²) < 4.78 is 17.8. The number of amides is 1. The van der Waals surface area contributed by atoms with Crippen LogP contribution in [0.3, 0.4) is 0 Å². The van der Waals surface area contributed by atoms with Crippen molar-refractivity contribution < 1.29 is 19.0 Å². The van der Waals surface area contributed by atoms with Crippen LogP contribution in [-0.2, 0) is 9.47 Å². The molecule has 2 saturated heterocycles. The Labute approximate surface area is 179 Å². The second-order valence-electron chi connectivity index (χ2n) is 7.19. The van der Waals surface area contributed by atoms with Gasteiger partial charge in [0.25, 0.3) is 5.91 Å². The highest BCUT2D eigenvalue weighted by Crippen LogP contribution is 2.30. The zero-order chi connectivity index (χ0) is 20.1. The molecule has 0 aromatic heterocycles. The van der Waals surface area contributed by atoms with Gasteiger partial charge in [-0.3, -0.25) is 4.79 Å². The molecule has 6 nitrogen and oxygen atoms in total. The number of benzene rings is 2. The molecule has 0 radical (unpaired) electrons. The van der Waals surface area contributed by atoms with E-state index in [0.717, 1.165) is 48.4 Å². The van der Waals surface area contributed by atoms with E-state index in [9.17, 15) is 4.79 Å². The van der Waals surface area contributed by atoms with Gasteiger partial charge in [-0.2, -0.15) is 0 Å². The average molecular weight is 461 g/mol. The van der Waals surface area contributed by atoms with E-state index in [1.165, 1.54) is 0 Å². The predicted octanol–water partition coefficient (Wildman–Crippen LogP) is 4.10. The maximum atomic E-state index is 12.9. The molecule has 2 aliphatic rings. The Kier molecular flexibility index (Phi) is 6.69. The zero-order valence-electron chi connectivity index (χ0n) is 16.2. The summed E-state index contributed by atoms with van der Waals surface area (Å²) in [4.78, 5) is 15.2. The summed E-state index contributed by atoms with van der Waals surface area (Å²) in [6, 6.07) is 13.2. The highest BCUT2D eigenvalue weighted by atomic mass is 79.9. The van der Waals surface area contributed by atoms with E-state index in [-0.39, 0.29) is 12.0 Å². The van der Waals surface area contributed by atoms with Gasteiger partial charge in [-0.1, -0.05) is 22.0 Å². The van der Waals surface area contributed by atoms with Gasteiger partial charge < -0.3 is 24.4 Å². The van der Waals surface area contributed by atoms with Gasteiger partial charge in [0.05, 0.1) is 30.7 Å². The molecule has 4 rings (SSSR count). The SMILES string of the molecule is O=C(Nc1cc(Br)ccc1N1CCOCC1)c1cccc(OCC2CCCO2)c1. The van der Waals surface area contributed by atoms with Crippen molar-refractivity contribution in [2.24, 2.45) is 0 Å². The molecule has 1 unspecified atom stereocenters. The second-order valence-corrected chi connectivity index (χ2v) is 8.10. The average Bonchev–Trinajstić information content (AvgIpc) is 3.27. The lowest BCUT2D eigenvalue weighted by molar-refractivity contribution is 0.0679. The van der Waals surface area contributed by atoms with Gasteiger partial charge in [0, 0.05) is 29.7 Å². The molecule has 2 aliphatic heterocycles. The van der Waals surface area contributed by atoms with Crippen molar-refractivity contribution in [3.05, 3.63) is 52.5 Å². The van der Waals surface area contributed by atoms with Crippen LogP contribution in [0.2, 0.25) is 0 Å². The first-order chi connectivity index (χ1) is 14.2. The van der Waals surface area contributed by atoms with Crippen LogP contribution in [0.5, 0.6) is 5.75 Å². The summed E-state index contributed by atoms with van der Waals surface area (Å²) in [5, 5.41) is 3.06. The molecular formula is C22H25BrN2O4. The molecular weight excluding hydrogens is 436 g/mol. The highest BCUT2D eigenvalue weighted by molar-refractivity contribution is 9.10. The maximum Gasteiger partial charge on any atom is 0.255 e. The number of carbonyl (C=O) groups is 1. The van der Waals surface area contributed by atoms with Crippen molar-refractivity contribution in [3.8, 4) is 5.75 Å². The number of anilines is 2. The van der Waals surface area contributed by atoms with Gasteiger partial charge in [-0.05, 0) is 49.2 Å². The van der Waals surface area contributed by atoms with Crippen molar-refractivity contribution in [1.29, 1.82) is 0 Å². The Hall–Kier alpha value is -2.09. The number of halogens is 1. The van der Waals surface area contributed by atoms with Gasteiger partial charge in [0.1, 0.15) is 12.4 Å². The van der Waals surface area contributed by atoms with Crippen LogP contribution in [0.25, 0.3) is 0 Å². The van der Waals surface area contributed by atoms with Crippen molar-refractivity contribution in [2.75, 3.05) is 49.7 Å². The van der Waals surface area contributed by atoms with E-state index in [2.05, 4.69) is 26.1 Å². The molecule has 2 aromatic carbocycles. The molecule has 0 spiro atoms. The number of rotatable bonds is 6. The Balaban J connectivity index is 1.46. The fourth-order valence-electron chi connectivity index (χ4n) is 3.57. The molecule has 0 bridgehead atoms. The number of morpholine rings is 1. The van der Waals surface area contributed by atoms with Crippen molar-refractivity contribution >= 4 is 33.2 Å². The third-order valence-corrected chi connectivity index (χ3v) is 5.61. The van der Waals surface area contributed by atoms with E-state index in [4.69, 9.17) is 14.2 Å². The van der Waals surface area contributed by atoms with Crippen LogP contribution in [0.4, 0.5) is 11.4 Å². The van der Waals surface area contributed by atoms with Crippen LogP contribution in [0.1, 0.15) is 23.2 Å². The van der Waals surface area contributed by atoms with E-state index < -0.39 is 0 Å². The van der Waals surface area contributed by atoms with Crippen molar-refractivity contribution in [3.63, 3.8) is 0 Å². The van der Waals surface area contributed by atoms with E-state index in [0.29, 0.717) is 31.1 Å². The minimum Gasteiger partial charge on any atom is -0.491 e. The number of hydrogen-bond acceptors (Lipinski definition) is 5. The smallest absolute Gasteiger partial charge is 0.255 e. The fourth-order valence-corrected chi connectivity index (χ4v) is 3.94. The lowest BCUT2D eigenvalue weighted by atomic mass is 10.1. The van der Waals surface area contributed by atoms with Crippen LogP contribution in [0, 0.1) is 0 Å². The van der Waals surface area contributed by atoms with Gasteiger partial charge in [0.2, 0.25) is 0 Å². The lowest BCUT2D eigenvalue weighted by Crippen LogP contribution is -2.36. The normalized spacial score (nSPS) is 19.2. The first-order valence-corrected chi connectivity index (χ1v) is 10.8. The molecule has 29 heavy (non-hydrogen) atoms. The van der Waals surface area contributed by atoms with E-state index >= 15 is 0 Å². The quantitative estimate of drug-likeness (QED) is 0.702. The number of nitrogens with zero attached hydrogens (tertiary/aromatic N) is 1. The Bertz CT molecular complexity index is 848. The van der Waals surface area contributed by atoms with E-state index in [1.54, 1.807) is 12.1 Å². The van der Waals surface area contributed by atoms with Crippen LogP contribution < -0.4 is 15.0 Å². The first kappa shape index (κ1) is 20.2. The number of ether oxygens (including phenoxy) is 3. The standard InChI is InChI=1S/C22H25BrN2O4/c23-17-6-7-21(25-8-11-27-12-9-25)20(14-17)24-22(26)16-3-1-4-18(13-16)29-15-19-5-2-10-28-19/h1,3-4,6-7,13-14,19H,2,5,8-12,15H2,(H,24,26). The van der Waals surface area contributed by atoms with Crippen LogP contribution in [-0.4, -0.2) is 51.5 Å². The third kappa shape index (κ3) is 5.29. The fraction of sp³-hybridized carbons (Fsp3) is 0.409. The van der Waals surface area contributed by atoms with Gasteiger partial charge in [0.15, 0.2) is 0 Å². The van der Waals surface area contributed by atoms with Crippen LogP contribution in [0.15, 0.2) is 46.9 Å². The summed E-state index contributed by atoms with van der Waals surface area (Å²) >= 11 is 3.50. The number of hydrogen-bond donors (Lipinski definition) is 1. The van der Waals surface area contributed by atoms with Crippen molar-refractivity contribution in [2.45, 2.75) is 18.9 Å². The second kappa shape index (κ2) is 9.61. The minimum atomic E-state index is -0.167. The maximum absolute atomic E-state index is 12.9. The summed E-state index contributed by atoms with van der Waals surface area (Å²) in [7, 11) is 0. The summed E-state index contributed by atoms with van der Waals surface area (Å²) in [5.41, 5.74) is 2.33. The molecule has 0 saturated carbocycles. The topological polar surface area (TPSA) is 60.0 Å². The number of nitrogens with one attached hydrogen (secondary N) is 1.